The van der Waals surface area contributed by atoms with Gasteiger partial charge in [-0.2, -0.15) is 0 Å². The quantitative estimate of drug-likeness (QED) is 0.566. The molecule has 1 rings (SSSR count). The number of rotatable bonds is 1. The molecule has 0 saturated carbocycles. The van der Waals surface area contributed by atoms with Gasteiger partial charge < -0.3 is 9.90 Å². The van der Waals surface area contributed by atoms with Crippen molar-refractivity contribution < 1.29 is 14.7 Å². The van der Waals surface area contributed by atoms with Crippen molar-refractivity contribution in [1.82, 2.24) is 4.90 Å². The molecule has 2 unspecified atom stereocenters. The van der Waals surface area contributed by atoms with Crippen molar-refractivity contribution in [3.63, 3.8) is 0 Å². The van der Waals surface area contributed by atoms with Gasteiger partial charge in [-0.1, -0.05) is 6.92 Å². The minimum atomic E-state index is -0.994. The molecular weight excluding hydrogens is 146 g/mol. The molecule has 4 heteroatoms. The fraction of sp³-hybridized carbons (Fsp3) is 0.714. The van der Waals surface area contributed by atoms with Gasteiger partial charge in [0, 0.05) is 6.54 Å². The Hall–Kier alpha value is -1.06. The highest BCUT2D eigenvalue weighted by atomic mass is 16.4. The molecule has 1 saturated heterocycles. The summed E-state index contributed by atoms with van der Waals surface area (Å²) in [4.78, 5) is 22.0. The lowest BCUT2D eigenvalue weighted by Gasteiger charge is -2.15. The topological polar surface area (TPSA) is 57.6 Å². The number of nitrogens with zero attached hydrogens (tertiary/aromatic N) is 1. The van der Waals surface area contributed by atoms with E-state index in [-0.39, 0.29) is 0 Å². The summed E-state index contributed by atoms with van der Waals surface area (Å²) in [7, 11) is 0. The molecular formula is C7H11NO3. The van der Waals surface area contributed by atoms with E-state index in [0.717, 1.165) is 0 Å². The highest BCUT2D eigenvalue weighted by Crippen LogP contribution is 2.20. The first-order valence-electron chi connectivity index (χ1n) is 3.60. The van der Waals surface area contributed by atoms with Crippen LogP contribution < -0.4 is 0 Å². The van der Waals surface area contributed by atoms with Crippen molar-refractivity contribution in [1.29, 1.82) is 0 Å². The molecule has 1 fully saturated rings. The summed E-state index contributed by atoms with van der Waals surface area (Å²) >= 11 is 0. The lowest BCUT2D eigenvalue weighted by atomic mass is 10.1. The first-order chi connectivity index (χ1) is 5.15. The second-order valence-electron chi connectivity index (χ2n) is 2.98. The average Bonchev–Trinajstić information content (AvgIpc) is 2.30. The molecule has 0 aromatic carbocycles. The summed E-state index contributed by atoms with van der Waals surface area (Å²) in [6.45, 7) is 2.43. The Morgan fingerprint density at radius 3 is 2.73 bits per heavy atom. The number of aldehydes is 1. The smallest absolute Gasteiger partial charge is 0.407 e. The number of carboxylic acid groups (broad SMARTS) is 1. The Labute approximate surface area is 64.8 Å². The van der Waals surface area contributed by atoms with Crippen molar-refractivity contribution in [2.75, 3.05) is 6.54 Å². The van der Waals surface area contributed by atoms with E-state index in [0.29, 0.717) is 25.2 Å². The van der Waals surface area contributed by atoms with Gasteiger partial charge >= 0.3 is 6.09 Å². The summed E-state index contributed by atoms with van der Waals surface area (Å²) in [5.41, 5.74) is 0. The fourth-order valence-electron chi connectivity index (χ4n) is 1.43. The molecule has 0 radical (unpaired) electrons. The van der Waals surface area contributed by atoms with Gasteiger partial charge in [0.2, 0.25) is 0 Å². The zero-order valence-corrected chi connectivity index (χ0v) is 6.36. The predicted octanol–water partition coefficient (Wildman–Crippen LogP) is 0.574. The van der Waals surface area contributed by atoms with Gasteiger partial charge in [-0.15, -0.1) is 0 Å². The fourth-order valence-corrected chi connectivity index (χ4v) is 1.43. The highest BCUT2D eigenvalue weighted by Gasteiger charge is 2.32. The van der Waals surface area contributed by atoms with E-state index in [4.69, 9.17) is 5.11 Å². The maximum atomic E-state index is 10.5. The van der Waals surface area contributed by atoms with Crippen LogP contribution in [-0.4, -0.2) is 35.0 Å². The Morgan fingerprint density at radius 2 is 2.36 bits per heavy atom. The van der Waals surface area contributed by atoms with Gasteiger partial charge in [0.15, 0.2) is 0 Å². The van der Waals surface area contributed by atoms with Crippen LogP contribution in [0.2, 0.25) is 0 Å². The van der Waals surface area contributed by atoms with Crippen LogP contribution in [0.15, 0.2) is 0 Å². The number of hydrogen-bond acceptors (Lipinski definition) is 2. The molecule has 1 aliphatic rings. The molecule has 62 valence electrons. The average molecular weight is 157 g/mol. The molecule has 1 heterocycles. The molecule has 0 aromatic heterocycles. The van der Waals surface area contributed by atoms with Crippen molar-refractivity contribution >= 4 is 12.4 Å². The van der Waals surface area contributed by atoms with Crippen LogP contribution in [0.4, 0.5) is 4.79 Å². The van der Waals surface area contributed by atoms with Crippen LogP contribution in [0, 0.1) is 5.92 Å². The largest absolute Gasteiger partial charge is 0.465 e. The van der Waals surface area contributed by atoms with Crippen molar-refractivity contribution in [3.8, 4) is 0 Å². The second-order valence-corrected chi connectivity index (χ2v) is 2.98. The molecule has 0 spiro atoms. The third-order valence-electron chi connectivity index (χ3n) is 1.96. The molecule has 11 heavy (non-hydrogen) atoms. The number of carbonyl (C=O) groups is 2. The van der Waals surface area contributed by atoms with Gasteiger partial charge in [-0.05, 0) is 12.3 Å². The van der Waals surface area contributed by atoms with Gasteiger partial charge in [-0.25, -0.2) is 4.79 Å². The lowest BCUT2D eigenvalue weighted by molar-refractivity contribution is -0.111. The molecule has 1 N–H and O–H groups in total. The molecule has 0 aliphatic carbocycles. The Balaban J connectivity index is 2.64. The third-order valence-corrected chi connectivity index (χ3v) is 1.96. The van der Waals surface area contributed by atoms with Crippen LogP contribution in [0.5, 0.6) is 0 Å². The van der Waals surface area contributed by atoms with E-state index in [2.05, 4.69) is 0 Å². The summed E-state index contributed by atoms with van der Waals surface area (Å²) in [5, 5.41) is 8.60. The van der Waals surface area contributed by atoms with Gasteiger partial charge in [0.05, 0.1) is 6.04 Å². The predicted molar refractivity (Wildman–Crippen MR) is 38.4 cm³/mol. The monoisotopic (exact) mass is 157 g/mol. The van der Waals surface area contributed by atoms with Gasteiger partial charge in [0.25, 0.3) is 0 Å². The molecule has 2 atom stereocenters. The van der Waals surface area contributed by atoms with E-state index in [1.807, 2.05) is 6.92 Å². The Morgan fingerprint density at radius 1 is 1.73 bits per heavy atom. The van der Waals surface area contributed by atoms with E-state index in [1.54, 1.807) is 0 Å². The van der Waals surface area contributed by atoms with Crippen LogP contribution in [-0.2, 0) is 4.79 Å². The van der Waals surface area contributed by atoms with E-state index >= 15 is 0 Å². The lowest BCUT2D eigenvalue weighted by Crippen LogP contribution is -2.35. The molecule has 1 aliphatic heterocycles. The van der Waals surface area contributed by atoms with E-state index in [1.165, 1.54) is 4.90 Å². The van der Waals surface area contributed by atoms with Crippen LogP contribution in [0.1, 0.15) is 13.3 Å². The zero-order chi connectivity index (χ0) is 8.43. The first kappa shape index (κ1) is 8.04. The second kappa shape index (κ2) is 2.90. The number of hydrogen-bond donors (Lipinski definition) is 1. The number of likely N-dealkylation sites (tertiary alicyclic amines) is 1. The number of carbonyl (C=O) groups excluding carboxylic acids is 1. The van der Waals surface area contributed by atoms with Crippen LogP contribution >= 0.6 is 0 Å². The highest BCUT2D eigenvalue weighted by molar-refractivity contribution is 5.72. The van der Waals surface area contributed by atoms with E-state index in [9.17, 15) is 9.59 Å². The minimum Gasteiger partial charge on any atom is -0.465 e. The SMILES string of the molecule is CC1CC(C=O)N(C(=O)O)C1. The zero-order valence-electron chi connectivity index (χ0n) is 6.36. The van der Waals surface area contributed by atoms with Gasteiger partial charge in [-0.3, -0.25) is 4.90 Å². The molecule has 4 nitrogen and oxygen atoms in total. The van der Waals surface area contributed by atoms with Crippen LogP contribution in [0.3, 0.4) is 0 Å². The van der Waals surface area contributed by atoms with Crippen molar-refractivity contribution in [2.24, 2.45) is 5.92 Å². The summed E-state index contributed by atoms with van der Waals surface area (Å²) in [6.07, 6.45) is 0.374. The van der Waals surface area contributed by atoms with E-state index < -0.39 is 12.1 Å². The van der Waals surface area contributed by atoms with Crippen LogP contribution in [0.25, 0.3) is 0 Å². The first-order valence-corrected chi connectivity index (χ1v) is 3.60. The Kier molecular flexibility index (Phi) is 2.12. The summed E-state index contributed by atoms with van der Waals surface area (Å²) in [5.74, 6) is 0.307. The summed E-state index contributed by atoms with van der Waals surface area (Å²) < 4.78 is 0. The van der Waals surface area contributed by atoms with Crippen molar-refractivity contribution in [2.45, 2.75) is 19.4 Å². The van der Waals surface area contributed by atoms with Gasteiger partial charge in [0.1, 0.15) is 6.29 Å². The molecule has 1 amide bonds. The normalized spacial score (nSPS) is 30.5. The standard InChI is InChI=1S/C7H11NO3/c1-5-2-6(4-9)8(3-5)7(10)11/h4-6H,2-3H2,1H3,(H,10,11). The minimum absolute atomic E-state index is 0.307. The maximum Gasteiger partial charge on any atom is 0.407 e. The van der Waals surface area contributed by atoms with Crippen molar-refractivity contribution in [3.05, 3.63) is 0 Å². The molecule has 0 bridgehead atoms. The number of amides is 1. The summed E-state index contributed by atoms with van der Waals surface area (Å²) in [6, 6.07) is -0.414. The maximum absolute atomic E-state index is 10.5. The Bertz CT molecular complexity index is 181. The molecule has 0 aromatic rings. The third kappa shape index (κ3) is 1.50.